The summed E-state index contributed by atoms with van der Waals surface area (Å²) in [7, 11) is 0.204. The van der Waals surface area contributed by atoms with Crippen LogP contribution in [0.2, 0.25) is 0 Å². The zero-order valence-electron chi connectivity index (χ0n) is 15.2. The average Bonchev–Trinajstić information content (AvgIpc) is 2.50. The van der Waals surface area contributed by atoms with Gasteiger partial charge in [-0.05, 0) is 31.6 Å². The van der Waals surface area contributed by atoms with Gasteiger partial charge in [0.1, 0.15) is 0 Å². The summed E-state index contributed by atoms with van der Waals surface area (Å²) in [4.78, 5) is 0. The van der Waals surface area contributed by atoms with Gasteiger partial charge >= 0.3 is 0 Å². The van der Waals surface area contributed by atoms with E-state index in [0.717, 1.165) is 0 Å². The third-order valence-electron chi connectivity index (χ3n) is 4.15. The standard InChI is InChI=1S/C20H41P/c1-4-7-10-12-14-16-19-21(18-9-6-3)20-17-15-13-11-8-5-2/h9,18H,4-8,10-17,19-20H2,1-3H3/b18-9+. The summed E-state index contributed by atoms with van der Waals surface area (Å²) in [6, 6.07) is 0. The summed E-state index contributed by atoms with van der Waals surface area (Å²) in [5.74, 6) is 2.58. The second-order valence-corrected chi connectivity index (χ2v) is 8.73. The van der Waals surface area contributed by atoms with Gasteiger partial charge in [0.2, 0.25) is 0 Å². The topological polar surface area (TPSA) is 0 Å². The zero-order chi connectivity index (χ0) is 15.6. The number of allylic oxidation sites excluding steroid dienone is 1. The van der Waals surface area contributed by atoms with Crippen LogP contribution in [-0.4, -0.2) is 12.3 Å². The van der Waals surface area contributed by atoms with Crippen molar-refractivity contribution >= 4 is 7.92 Å². The molecule has 1 heteroatoms. The van der Waals surface area contributed by atoms with E-state index in [4.69, 9.17) is 0 Å². The monoisotopic (exact) mass is 312 g/mol. The fourth-order valence-electron chi connectivity index (χ4n) is 2.71. The van der Waals surface area contributed by atoms with E-state index in [1.165, 1.54) is 95.8 Å². The van der Waals surface area contributed by atoms with Crippen molar-refractivity contribution in [2.45, 2.75) is 104 Å². The summed E-state index contributed by atoms with van der Waals surface area (Å²) < 4.78 is 0. The minimum absolute atomic E-state index is 0.204. The Kier molecular flexibility index (Phi) is 18.4. The first-order valence-corrected chi connectivity index (χ1v) is 11.5. The van der Waals surface area contributed by atoms with Crippen LogP contribution in [0.25, 0.3) is 0 Å². The SMILES string of the molecule is CC/C=C/P(CCCCCCCC)CCCCCCCC. The van der Waals surface area contributed by atoms with E-state index in [2.05, 4.69) is 32.7 Å². The van der Waals surface area contributed by atoms with E-state index in [1.807, 2.05) is 0 Å². The molecule has 0 saturated heterocycles. The average molecular weight is 313 g/mol. The molecule has 0 aromatic rings. The molecule has 0 aromatic carbocycles. The van der Waals surface area contributed by atoms with Crippen LogP contribution in [0.15, 0.2) is 11.9 Å². The van der Waals surface area contributed by atoms with E-state index in [0.29, 0.717) is 0 Å². The van der Waals surface area contributed by atoms with Gasteiger partial charge in [0.25, 0.3) is 0 Å². The summed E-state index contributed by atoms with van der Waals surface area (Å²) in [5.41, 5.74) is 0. The lowest BCUT2D eigenvalue weighted by atomic mass is 10.1. The highest BCUT2D eigenvalue weighted by molar-refractivity contribution is 7.60. The van der Waals surface area contributed by atoms with Gasteiger partial charge in [0, 0.05) is 0 Å². The molecule has 0 amide bonds. The smallest absolute Gasteiger partial charge is 0.0291 e. The van der Waals surface area contributed by atoms with Crippen LogP contribution in [0.1, 0.15) is 104 Å². The van der Waals surface area contributed by atoms with Crippen LogP contribution in [0.3, 0.4) is 0 Å². The van der Waals surface area contributed by atoms with Gasteiger partial charge in [-0.2, -0.15) is 0 Å². The maximum atomic E-state index is 2.58. The van der Waals surface area contributed by atoms with Crippen molar-refractivity contribution in [1.29, 1.82) is 0 Å². The van der Waals surface area contributed by atoms with Gasteiger partial charge in [-0.25, -0.2) is 0 Å². The third-order valence-corrected chi connectivity index (χ3v) is 6.56. The maximum absolute atomic E-state index is 2.58. The predicted octanol–water partition coefficient (Wildman–Crippen LogP) is 8.11. The minimum Gasteiger partial charge on any atom is -0.0843 e. The highest BCUT2D eigenvalue weighted by Gasteiger charge is 2.04. The molecular formula is C20H41P. The van der Waals surface area contributed by atoms with E-state index < -0.39 is 0 Å². The van der Waals surface area contributed by atoms with Crippen molar-refractivity contribution in [3.8, 4) is 0 Å². The molecule has 0 aliphatic carbocycles. The Balaban J connectivity index is 3.64. The molecule has 0 atom stereocenters. The van der Waals surface area contributed by atoms with Crippen LogP contribution in [0.4, 0.5) is 0 Å². The summed E-state index contributed by atoms with van der Waals surface area (Å²) >= 11 is 0. The molecule has 0 N–H and O–H groups in total. The zero-order valence-corrected chi connectivity index (χ0v) is 16.1. The molecule has 0 aliphatic rings. The van der Waals surface area contributed by atoms with E-state index in [9.17, 15) is 0 Å². The highest BCUT2D eigenvalue weighted by Crippen LogP contribution is 2.39. The molecule has 0 radical (unpaired) electrons. The molecule has 0 saturated carbocycles. The van der Waals surface area contributed by atoms with Gasteiger partial charge in [-0.15, -0.1) is 0 Å². The Morgan fingerprint density at radius 1 is 0.571 bits per heavy atom. The Hall–Kier alpha value is 0.170. The molecule has 0 nitrogen and oxygen atoms in total. The minimum atomic E-state index is 0.204. The van der Waals surface area contributed by atoms with E-state index in [1.54, 1.807) is 0 Å². The van der Waals surface area contributed by atoms with Crippen molar-refractivity contribution in [3.05, 3.63) is 11.9 Å². The molecule has 0 aromatic heterocycles. The fourth-order valence-corrected chi connectivity index (χ4v) is 5.00. The second kappa shape index (κ2) is 18.2. The number of hydrogen-bond acceptors (Lipinski definition) is 0. The van der Waals surface area contributed by atoms with Crippen LogP contribution >= 0.6 is 7.92 Å². The predicted molar refractivity (Wildman–Crippen MR) is 103 cm³/mol. The van der Waals surface area contributed by atoms with Crippen molar-refractivity contribution in [2.75, 3.05) is 12.3 Å². The molecule has 0 fully saturated rings. The maximum Gasteiger partial charge on any atom is -0.0291 e. The molecule has 0 rings (SSSR count). The molecular weight excluding hydrogens is 271 g/mol. The lowest BCUT2D eigenvalue weighted by Gasteiger charge is -2.13. The Bertz CT molecular complexity index is 194. The van der Waals surface area contributed by atoms with Gasteiger partial charge in [-0.3, -0.25) is 0 Å². The lowest BCUT2D eigenvalue weighted by Crippen LogP contribution is -1.91. The third kappa shape index (κ3) is 16.4. The molecule has 21 heavy (non-hydrogen) atoms. The molecule has 0 heterocycles. The quantitative estimate of drug-likeness (QED) is 0.199. The van der Waals surface area contributed by atoms with Gasteiger partial charge in [0.05, 0.1) is 0 Å². The van der Waals surface area contributed by atoms with Crippen molar-refractivity contribution in [3.63, 3.8) is 0 Å². The van der Waals surface area contributed by atoms with E-state index >= 15 is 0 Å². The Morgan fingerprint density at radius 2 is 1.00 bits per heavy atom. The molecule has 0 unspecified atom stereocenters. The Labute approximate surface area is 136 Å². The molecule has 126 valence electrons. The van der Waals surface area contributed by atoms with Gasteiger partial charge in [0.15, 0.2) is 0 Å². The largest absolute Gasteiger partial charge is 0.0843 e. The first kappa shape index (κ1) is 21.2. The number of unbranched alkanes of at least 4 members (excludes halogenated alkanes) is 10. The molecule has 0 bridgehead atoms. The summed E-state index contributed by atoms with van der Waals surface area (Å²) in [6.07, 6.45) is 23.9. The van der Waals surface area contributed by atoms with Gasteiger partial charge < -0.3 is 0 Å². The number of rotatable bonds is 16. The highest BCUT2D eigenvalue weighted by atomic mass is 31.1. The van der Waals surface area contributed by atoms with Crippen LogP contribution < -0.4 is 0 Å². The van der Waals surface area contributed by atoms with E-state index in [-0.39, 0.29) is 7.92 Å². The molecule has 0 spiro atoms. The molecule has 0 aliphatic heterocycles. The van der Waals surface area contributed by atoms with Crippen molar-refractivity contribution < 1.29 is 0 Å². The summed E-state index contributed by atoms with van der Waals surface area (Å²) in [5, 5.41) is 0. The van der Waals surface area contributed by atoms with Crippen molar-refractivity contribution in [1.82, 2.24) is 0 Å². The van der Waals surface area contributed by atoms with Crippen LogP contribution in [0, 0.1) is 0 Å². The first-order chi connectivity index (χ1) is 10.3. The van der Waals surface area contributed by atoms with Crippen LogP contribution in [-0.2, 0) is 0 Å². The van der Waals surface area contributed by atoms with Crippen LogP contribution in [0.5, 0.6) is 0 Å². The second-order valence-electron chi connectivity index (χ2n) is 6.36. The lowest BCUT2D eigenvalue weighted by molar-refractivity contribution is 0.622. The first-order valence-electron chi connectivity index (χ1n) is 9.75. The Morgan fingerprint density at radius 3 is 1.43 bits per heavy atom. The van der Waals surface area contributed by atoms with Gasteiger partial charge in [-0.1, -0.05) is 105 Å². The summed E-state index contributed by atoms with van der Waals surface area (Å²) in [6.45, 7) is 6.87. The number of hydrogen-bond donors (Lipinski definition) is 0. The normalized spacial score (nSPS) is 11.8. The van der Waals surface area contributed by atoms with Crippen molar-refractivity contribution in [2.24, 2.45) is 0 Å². The fraction of sp³-hybridized carbons (Fsp3) is 0.900.